The second-order valence-electron chi connectivity index (χ2n) is 6.09. The Morgan fingerprint density at radius 3 is 2.26 bits per heavy atom. The maximum absolute atomic E-state index is 10.4. The number of aromatic hydroxyl groups is 1. The van der Waals surface area contributed by atoms with Crippen LogP contribution in [0.4, 0.5) is 0 Å². The summed E-state index contributed by atoms with van der Waals surface area (Å²) in [5, 5.41) is 10.8. The van der Waals surface area contributed by atoms with Crippen LogP contribution in [0.1, 0.15) is 18.1 Å². The fourth-order valence-corrected chi connectivity index (χ4v) is 2.81. The molecule has 3 aromatic carbocycles. The Bertz CT molecular complexity index is 936. The van der Waals surface area contributed by atoms with Crippen molar-refractivity contribution in [3.63, 3.8) is 0 Å². The highest BCUT2D eigenvalue weighted by molar-refractivity contribution is 6.33. The van der Waals surface area contributed by atoms with Gasteiger partial charge < -0.3 is 19.3 Å². The normalized spacial score (nSPS) is 10.5. The van der Waals surface area contributed by atoms with E-state index in [0.717, 1.165) is 11.3 Å². The van der Waals surface area contributed by atoms with Gasteiger partial charge in [0.1, 0.15) is 23.0 Å². The average Bonchev–Trinajstić information content (AvgIpc) is 2.65. The number of rotatable bonds is 6. The number of hydrogen-bond donors (Lipinski definition) is 1. The molecule has 0 atom stereocenters. The quantitative estimate of drug-likeness (QED) is 0.517. The molecule has 0 amide bonds. The second kappa shape index (κ2) is 8.23. The first kappa shape index (κ1) is 18.9. The van der Waals surface area contributed by atoms with Crippen LogP contribution in [0.5, 0.6) is 34.5 Å². The minimum Gasteiger partial charge on any atom is -0.504 e. The van der Waals surface area contributed by atoms with E-state index in [-0.39, 0.29) is 5.75 Å². The van der Waals surface area contributed by atoms with Gasteiger partial charge in [0.05, 0.1) is 11.6 Å². The third-order valence-electron chi connectivity index (χ3n) is 3.96. The molecule has 0 aliphatic carbocycles. The van der Waals surface area contributed by atoms with E-state index in [0.29, 0.717) is 40.2 Å². The SMILES string of the molecule is CCOc1ccc(Oc2cc(O)c(Oc3cccc(C)c3)c(C)c2Cl)cc1. The van der Waals surface area contributed by atoms with Crippen LogP contribution < -0.4 is 14.2 Å². The summed E-state index contributed by atoms with van der Waals surface area (Å²) in [4.78, 5) is 0. The van der Waals surface area contributed by atoms with E-state index >= 15 is 0 Å². The van der Waals surface area contributed by atoms with Gasteiger partial charge in [-0.1, -0.05) is 23.7 Å². The number of phenolic OH excluding ortho intramolecular Hbond substituents is 1. The molecule has 4 nitrogen and oxygen atoms in total. The summed E-state index contributed by atoms with van der Waals surface area (Å²) in [6, 6.07) is 16.2. The standard InChI is InChI=1S/C22H21ClO4/c1-4-25-16-8-10-17(11-9-16)26-20-13-19(24)22(15(3)21(20)23)27-18-7-5-6-14(2)12-18/h5-13,24H,4H2,1-3H3. The smallest absolute Gasteiger partial charge is 0.173 e. The molecule has 0 spiro atoms. The van der Waals surface area contributed by atoms with Crippen molar-refractivity contribution in [2.45, 2.75) is 20.8 Å². The van der Waals surface area contributed by atoms with E-state index in [9.17, 15) is 5.11 Å². The van der Waals surface area contributed by atoms with Crippen molar-refractivity contribution in [3.8, 4) is 34.5 Å². The van der Waals surface area contributed by atoms with Gasteiger partial charge >= 0.3 is 0 Å². The monoisotopic (exact) mass is 384 g/mol. The number of hydrogen-bond acceptors (Lipinski definition) is 4. The van der Waals surface area contributed by atoms with Gasteiger partial charge in [0, 0.05) is 11.6 Å². The molecule has 140 valence electrons. The van der Waals surface area contributed by atoms with Crippen molar-refractivity contribution >= 4 is 11.6 Å². The molecule has 0 aliphatic heterocycles. The minimum absolute atomic E-state index is 0.0423. The lowest BCUT2D eigenvalue weighted by Crippen LogP contribution is -1.94. The van der Waals surface area contributed by atoms with Crippen molar-refractivity contribution in [2.24, 2.45) is 0 Å². The molecular weight excluding hydrogens is 364 g/mol. The fourth-order valence-electron chi connectivity index (χ4n) is 2.63. The number of halogens is 1. The van der Waals surface area contributed by atoms with Gasteiger partial charge in [0.25, 0.3) is 0 Å². The van der Waals surface area contributed by atoms with Crippen LogP contribution >= 0.6 is 11.6 Å². The first-order chi connectivity index (χ1) is 13.0. The zero-order valence-electron chi connectivity index (χ0n) is 15.5. The Kier molecular flexibility index (Phi) is 5.77. The van der Waals surface area contributed by atoms with Crippen LogP contribution in [-0.2, 0) is 0 Å². The Hall–Kier alpha value is -2.85. The minimum atomic E-state index is -0.0423. The van der Waals surface area contributed by atoms with Crippen molar-refractivity contribution < 1.29 is 19.3 Å². The van der Waals surface area contributed by atoms with Gasteiger partial charge in [0.2, 0.25) is 0 Å². The highest BCUT2D eigenvalue weighted by Gasteiger charge is 2.17. The molecule has 0 radical (unpaired) electrons. The molecule has 0 aliphatic rings. The predicted molar refractivity (Wildman–Crippen MR) is 107 cm³/mol. The summed E-state index contributed by atoms with van der Waals surface area (Å²) >= 11 is 6.46. The lowest BCUT2D eigenvalue weighted by molar-refractivity contribution is 0.339. The number of aryl methyl sites for hydroxylation is 1. The second-order valence-corrected chi connectivity index (χ2v) is 6.46. The van der Waals surface area contributed by atoms with E-state index in [1.54, 1.807) is 19.1 Å². The van der Waals surface area contributed by atoms with Crippen molar-refractivity contribution in [3.05, 3.63) is 70.7 Å². The highest BCUT2D eigenvalue weighted by atomic mass is 35.5. The number of phenols is 1. The largest absolute Gasteiger partial charge is 0.504 e. The molecule has 0 saturated carbocycles. The Morgan fingerprint density at radius 2 is 1.59 bits per heavy atom. The number of benzene rings is 3. The van der Waals surface area contributed by atoms with Crippen molar-refractivity contribution in [1.82, 2.24) is 0 Å². The molecule has 0 bridgehead atoms. The zero-order valence-corrected chi connectivity index (χ0v) is 16.2. The third-order valence-corrected chi connectivity index (χ3v) is 4.43. The molecule has 0 saturated heterocycles. The summed E-state index contributed by atoms with van der Waals surface area (Å²) in [5.74, 6) is 2.60. The van der Waals surface area contributed by atoms with Crippen LogP contribution in [0.25, 0.3) is 0 Å². The van der Waals surface area contributed by atoms with Gasteiger partial charge in [-0.15, -0.1) is 0 Å². The van der Waals surface area contributed by atoms with Crippen LogP contribution in [0.3, 0.4) is 0 Å². The molecule has 27 heavy (non-hydrogen) atoms. The molecule has 1 N–H and O–H groups in total. The lowest BCUT2D eigenvalue weighted by Gasteiger charge is -2.16. The first-order valence-electron chi connectivity index (χ1n) is 8.65. The molecular formula is C22H21ClO4. The summed E-state index contributed by atoms with van der Waals surface area (Å²) in [6.45, 7) is 6.27. The summed E-state index contributed by atoms with van der Waals surface area (Å²) in [5.41, 5.74) is 1.66. The number of ether oxygens (including phenoxy) is 3. The van der Waals surface area contributed by atoms with E-state index in [2.05, 4.69) is 0 Å². The van der Waals surface area contributed by atoms with E-state index in [1.807, 2.05) is 50.2 Å². The molecule has 0 fully saturated rings. The Morgan fingerprint density at radius 1 is 0.889 bits per heavy atom. The molecule has 0 heterocycles. The van der Waals surface area contributed by atoms with Gasteiger partial charge in [-0.2, -0.15) is 0 Å². The summed E-state index contributed by atoms with van der Waals surface area (Å²) < 4.78 is 17.1. The van der Waals surface area contributed by atoms with Gasteiger partial charge in [-0.3, -0.25) is 0 Å². The highest BCUT2D eigenvalue weighted by Crippen LogP contribution is 2.44. The average molecular weight is 385 g/mol. The molecule has 3 aromatic rings. The van der Waals surface area contributed by atoms with Crippen molar-refractivity contribution in [2.75, 3.05) is 6.61 Å². The van der Waals surface area contributed by atoms with Crippen LogP contribution in [0.15, 0.2) is 54.6 Å². The topological polar surface area (TPSA) is 47.9 Å². The molecule has 0 unspecified atom stereocenters. The van der Waals surface area contributed by atoms with E-state index in [1.165, 1.54) is 6.07 Å². The van der Waals surface area contributed by atoms with E-state index < -0.39 is 0 Å². The van der Waals surface area contributed by atoms with Crippen LogP contribution in [0, 0.1) is 13.8 Å². The van der Waals surface area contributed by atoms with Crippen LogP contribution in [0.2, 0.25) is 5.02 Å². The van der Waals surface area contributed by atoms with Crippen molar-refractivity contribution in [1.29, 1.82) is 0 Å². The van der Waals surface area contributed by atoms with Gasteiger partial charge in [-0.25, -0.2) is 0 Å². The van der Waals surface area contributed by atoms with Gasteiger partial charge in [0.15, 0.2) is 11.5 Å². The first-order valence-corrected chi connectivity index (χ1v) is 9.03. The molecule has 5 heteroatoms. The maximum Gasteiger partial charge on any atom is 0.173 e. The summed E-state index contributed by atoms with van der Waals surface area (Å²) in [7, 11) is 0. The third kappa shape index (κ3) is 4.47. The van der Waals surface area contributed by atoms with E-state index in [4.69, 9.17) is 25.8 Å². The molecule has 0 aromatic heterocycles. The Labute approximate surface area is 163 Å². The maximum atomic E-state index is 10.4. The predicted octanol–water partition coefficient (Wildman–Crippen LogP) is 6.65. The van der Waals surface area contributed by atoms with Gasteiger partial charge in [-0.05, 0) is 62.7 Å². The lowest BCUT2D eigenvalue weighted by atomic mass is 10.2. The Balaban J connectivity index is 1.85. The fraction of sp³-hybridized carbons (Fsp3) is 0.182. The zero-order chi connectivity index (χ0) is 19.4. The van der Waals surface area contributed by atoms with Crippen LogP contribution in [-0.4, -0.2) is 11.7 Å². The molecule has 3 rings (SSSR count). The summed E-state index contributed by atoms with van der Waals surface area (Å²) in [6.07, 6.45) is 0.